The van der Waals surface area contributed by atoms with Crippen LogP contribution in [0, 0.1) is 12.8 Å². The molecule has 0 heterocycles. The van der Waals surface area contributed by atoms with E-state index in [0.29, 0.717) is 6.54 Å². The largest absolute Gasteiger partial charge is 0.354 e. The Hall–Kier alpha value is -1.66. The number of carbonyl (C=O) groups is 1. The van der Waals surface area contributed by atoms with Gasteiger partial charge in [-0.25, -0.2) is 8.42 Å². The number of nitrogens with one attached hydrogen (secondary N) is 2. The maximum absolute atomic E-state index is 12.6. The number of allylic oxidation sites excluding steroid dienone is 1. The molecule has 144 valence electrons. The Labute approximate surface area is 157 Å². The zero-order valence-corrected chi connectivity index (χ0v) is 16.7. The van der Waals surface area contributed by atoms with Crippen molar-refractivity contribution < 1.29 is 13.2 Å². The Morgan fingerprint density at radius 1 is 1.15 bits per heavy atom. The lowest BCUT2D eigenvalue weighted by Crippen LogP contribution is -2.49. The molecule has 2 rings (SSSR count). The minimum absolute atomic E-state index is 0.149. The normalized spacial score (nSPS) is 16.2. The number of amides is 1. The van der Waals surface area contributed by atoms with Crippen molar-refractivity contribution in [2.24, 2.45) is 5.92 Å². The molecule has 0 saturated carbocycles. The molecule has 0 bridgehead atoms. The third-order valence-electron chi connectivity index (χ3n) is 4.69. The van der Waals surface area contributed by atoms with Gasteiger partial charge in [0, 0.05) is 6.54 Å². The van der Waals surface area contributed by atoms with E-state index in [-0.39, 0.29) is 16.7 Å². The third kappa shape index (κ3) is 5.95. The van der Waals surface area contributed by atoms with Gasteiger partial charge in [0.1, 0.15) is 6.04 Å². The highest BCUT2D eigenvalue weighted by Crippen LogP contribution is 2.19. The lowest BCUT2D eigenvalue weighted by atomic mass is 9.97. The topological polar surface area (TPSA) is 75.3 Å². The molecule has 6 heteroatoms. The van der Waals surface area contributed by atoms with Crippen LogP contribution in [0.3, 0.4) is 0 Å². The van der Waals surface area contributed by atoms with Crippen LogP contribution in [0.1, 0.15) is 51.5 Å². The minimum atomic E-state index is -3.73. The number of hydrogen-bond acceptors (Lipinski definition) is 3. The minimum Gasteiger partial charge on any atom is -0.354 e. The van der Waals surface area contributed by atoms with Crippen LogP contribution >= 0.6 is 0 Å². The van der Waals surface area contributed by atoms with E-state index in [4.69, 9.17) is 0 Å². The lowest BCUT2D eigenvalue weighted by molar-refractivity contribution is -0.123. The standard InChI is InChI=1S/C20H30N2O3S/c1-15(2)19(20(23)21-14-13-17-7-5-4-6-8-17)22-26(24,25)18-11-9-16(3)10-12-18/h7,9-12,15,19,22H,4-6,8,13-14H2,1-3H3,(H,21,23)/t19-/m1/s1. The summed E-state index contributed by atoms with van der Waals surface area (Å²) in [5.74, 6) is -0.420. The molecule has 0 radical (unpaired) electrons. The van der Waals surface area contributed by atoms with Gasteiger partial charge in [0.15, 0.2) is 0 Å². The molecule has 1 aromatic rings. The first-order chi connectivity index (χ1) is 12.3. The average Bonchev–Trinajstić information content (AvgIpc) is 2.60. The van der Waals surface area contributed by atoms with E-state index >= 15 is 0 Å². The molecule has 0 fully saturated rings. The summed E-state index contributed by atoms with van der Waals surface area (Å²) in [6.07, 6.45) is 7.77. The van der Waals surface area contributed by atoms with Gasteiger partial charge in [-0.3, -0.25) is 4.79 Å². The zero-order chi connectivity index (χ0) is 19.2. The second-order valence-electron chi connectivity index (χ2n) is 7.31. The summed E-state index contributed by atoms with van der Waals surface area (Å²) < 4.78 is 27.7. The molecule has 1 aliphatic carbocycles. The molecule has 0 aromatic heterocycles. The van der Waals surface area contributed by atoms with Crippen molar-refractivity contribution in [3.05, 3.63) is 41.5 Å². The van der Waals surface area contributed by atoms with Crippen molar-refractivity contribution in [1.29, 1.82) is 0 Å². The number of hydrogen-bond donors (Lipinski definition) is 2. The molecular formula is C20H30N2O3S. The van der Waals surface area contributed by atoms with E-state index in [1.165, 1.54) is 18.4 Å². The van der Waals surface area contributed by atoms with Gasteiger partial charge in [-0.2, -0.15) is 4.72 Å². The number of carbonyl (C=O) groups excluding carboxylic acids is 1. The lowest BCUT2D eigenvalue weighted by Gasteiger charge is -2.22. The Bertz CT molecular complexity index is 737. The summed E-state index contributed by atoms with van der Waals surface area (Å²) in [5, 5.41) is 2.89. The first-order valence-corrected chi connectivity index (χ1v) is 10.8. The molecule has 5 nitrogen and oxygen atoms in total. The van der Waals surface area contributed by atoms with E-state index in [1.807, 2.05) is 20.8 Å². The van der Waals surface area contributed by atoms with E-state index in [9.17, 15) is 13.2 Å². The quantitative estimate of drug-likeness (QED) is 0.682. The molecule has 2 N–H and O–H groups in total. The van der Waals surface area contributed by atoms with Crippen molar-refractivity contribution in [2.75, 3.05) is 6.54 Å². The monoisotopic (exact) mass is 378 g/mol. The van der Waals surface area contributed by atoms with Crippen LogP contribution in [0.15, 0.2) is 40.8 Å². The Balaban J connectivity index is 1.97. The fourth-order valence-electron chi connectivity index (χ4n) is 3.03. The molecule has 0 aliphatic heterocycles. The van der Waals surface area contributed by atoms with Gasteiger partial charge in [-0.1, -0.05) is 43.2 Å². The van der Waals surface area contributed by atoms with Gasteiger partial charge in [-0.15, -0.1) is 0 Å². The van der Waals surface area contributed by atoms with Crippen LogP contribution in [0.4, 0.5) is 0 Å². The average molecular weight is 379 g/mol. The number of aryl methyl sites for hydroxylation is 1. The molecule has 1 aliphatic rings. The van der Waals surface area contributed by atoms with Gasteiger partial charge < -0.3 is 5.32 Å². The fourth-order valence-corrected chi connectivity index (χ4v) is 4.38. The first kappa shape index (κ1) is 20.6. The van der Waals surface area contributed by atoms with E-state index < -0.39 is 16.1 Å². The summed E-state index contributed by atoms with van der Waals surface area (Å²) in [6, 6.07) is 5.82. The first-order valence-electron chi connectivity index (χ1n) is 9.34. The predicted molar refractivity (Wildman–Crippen MR) is 104 cm³/mol. The predicted octanol–water partition coefficient (Wildman–Crippen LogP) is 3.30. The van der Waals surface area contributed by atoms with Crippen molar-refractivity contribution in [3.8, 4) is 0 Å². The SMILES string of the molecule is Cc1ccc(S(=O)(=O)N[C@@H](C(=O)NCCC2=CCCCC2)C(C)C)cc1. The van der Waals surface area contributed by atoms with E-state index in [1.54, 1.807) is 24.3 Å². The molecule has 1 amide bonds. The Kier molecular flexibility index (Phi) is 7.41. The van der Waals surface area contributed by atoms with Gasteiger partial charge in [-0.05, 0) is 57.1 Å². The van der Waals surface area contributed by atoms with Crippen LogP contribution in [0.25, 0.3) is 0 Å². The zero-order valence-electron chi connectivity index (χ0n) is 15.9. The molecule has 26 heavy (non-hydrogen) atoms. The van der Waals surface area contributed by atoms with E-state index in [2.05, 4.69) is 16.1 Å². The Morgan fingerprint density at radius 2 is 1.85 bits per heavy atom. The summed E-state index contributed by atoms with van der Waals surface area (Å²) in [7, 11) is -3.73. The molecule has 1 atom stereocenters. The van der Waals surface area contributed by atoms with Crippen molar-refractivity contribution >= 4 is 15.9 Å². The maximum Gasteiger partial charge on any atom is 0.241 e. The van der Waals surface area contributed by atoms with Crippen molar-refractivity contribution in [3.63, 3.8) is 0 Å². The fraction of sp³-hybridized carbons (Fsp3) is 0.550. The van der Waals surface area contributed by atoms with Gasteiger partial charge in [0.2, 0.25) is 15.9 Å². The molecular weight excluding hydrogens is 348 g/mol. The molecule has 0 saturated heterocycles. The van der Waals surface area contributed by atoms with Crippen LogP contribution < -0.4 is 10.0 Å². The van der Waals surface area contributed by atoms with Crippen LogP contribution in [-0.2, 0) is 14.8 Å². The molecule has 0 spiro atoms. The number of rotatable bonds is 8. The van der Waals surface area contributed by atoms with Gasteiger partial charge in [0.25, 0.3) is 0 Å². The van der Waals surface area contributed by atoms with Crippen molar-refractivity contribution in [2.45, 2.75) is 63.8 Å². The summed E-state index contributed by atoms with van der Waals surface area (Å²) in [5.41, 5.74) is 2.37. The smallest absolute Gasteiger partial charge is 0.241 e. The highest BCUT2D eigenvalue weighted by atomic mass is 32.2. The summed E-state index contributed by atoms with van der Waals surface area (Å²) in [6.45, 7) is 6.12. The highest BCUT2D eigenvalue weighted by molar-refractivity contribution is 7.89. The van der Waals surface area contributed by atoms with Crippen LogP contribution in [-0.4, -0.2) is 26.9 Å². The Morgan fingerprint density at radius 3 is 2.42 bits per heavy atom. The van der Waals surface area contributed by atoms with Gasteiger partial charge in [0.05, 0.1) is 4.90 Å². The summed E-state index contributed by atoms with van der Waals surface area (Å²) in [4.78, 5) is 12.7. The molecule has 1 aromatic carbocycles. The molecule has 0 unspecified atom stereocenters. The van der Waals surface area contributed by atoms with E-state index in [0.717, 1.165) is 24.8 Å². The number of sulfonamides is 1. The second kappa shape index (κ2) is 9.33. The van der Waals surface area contributed by atoms with Crippen LogP contribution in [0.2, 0.25) is 0 Å². The van der Waals surface area contributed by atoms with Gasteiger partial charge >= 0.3 is 0 Å². The maximum atomic E-state index is 12.6. The summed E-state index contributed by atoms with van der Waals surface area (Å²) >= 11 is 0. The van der Waals surface area contributed by atoms with Crippen LogP contribution in [0.5, 0.6) is 0 Å². The third-order valence-corrected chi connectivity index (χ3v) is 6.15. The highest BCUT2D eigenvalue weighted by Gasteiger charge is 2.28. The second-order valence-corrected chi connectivity index (χ2v) is 9.02. The number of benzene rings is 1. The van der Waals surface area contributed by atoms with Crippen molar-refractivity contribution in [1.82, 2.24) is 10.0 Å².